The Morgan fingerprint density at radius 1 is 1.15 bits per heavy atom. The molecule has 1 fully saturated rings. The zero-order chi connectivity index (χ0) is 24.5. The molecular formula is C25H31N3O5S. The van der Waals surface area contributed by atoms with Gasteiger partial charge in [-0.05, 0) is 50.3 Å². The fourth-order valence-corrected chi connectivity index (χ4v) is 6.06. The van der Waals surface area contributed by atoms with Crippen molar-refractivity contribution in [3.8, 4) is 5.75 Å². The van der Waals surface area contributed by atoms with E-state index < -0.39 is 16.1 Å². The molecule has 2 aromatic carbocycles. The number of nitrogens with one attached hydrogen (secondary N) is 2. The van der Waals surface area contributed by atoms with Gasteiger partial charge in [-0.3, -0.25) is 9.59 Å². The Balaban J connectivity index is 1.40. The fourth-order valence-electron chi connectivity index (χ4n) is 4.37. The Labute approximate surface area is 200 Å². The fraction of sp³-hybridized carbons (Fsp3) is 0.440. The number of piperidine rings is 1. The van der Waals surface area contributed by atoms with Crippen LogP contribution >= 0.6 is 0 Å². The molecule has 0 spiro atoms. The van der Waals surface area contributed by atoms with Crippen molar-refractivity contribution in [2.24, 2.45) is 5.92 Å². The van der Waals surface area contributed by atoms with E-state index in [-0.39, 0.29) is 35.7 Å². The van der Waals surface area contributed by atoms with Crippen LogP contribution in [0.15, 0.2) is 41.3 Å². The van der Waals surface area contributed by atoms with E-state index in [1.807, 2.05) is 38.1 Å². The minimum absolute atomic E-state index is 0.0441. The number of benzene rings is 2. The summed E-state index contributed by atoms with van der Waals surface area (Å²) in [5.74, 6) is -0.128. The highest BCUT2D eigenvalue weighted by molar-refractivity contribution is 7.89. The summed E-state index contributed by atoms with van der Waals surface area (Å²) in [7, 11) is -3.76. The molecule has 0 radical (unpaired) electrons. The standard InChI is InChI=1S/C25H31N3O5S/c1-4-21-25(30)27-20-13-17(3)23(14-22(20)33-21)34(31,32)28-11-9-19(10-12-28)24(29)26-15-18-7-5-16(2)6-8-18/h5-8,13-14,19,21H,4,9-12,15H2,1-3H3,(H,26,29)(H,27,30). The van der Waals surface area contributed by atoms with Crippen LogP contribution in [0.3, 0.4) is 0 Å². The van der Waals surface area contributed by atoms with Crippen molar-refractivity contribution in [3.63, 3.8) is 0 Å². The lowest BCUT2D eigenvalue weighted by Gasteiger charge is -2.32. The lowest BCUT2D eigenvalue weighted by Crippen LogP contribution is -2.43. The van der Waals surface area contributed by atoms with E-state index in [0.29, 0.717) is 42.8 Å². The summed E-state index contributed by atoms with van der Waals surface area (Å²) < 4.78 is 34.0. The average molecular weight is 486 g/mol. The second-order valence-electron chi connectivity index (χ2n) is 9.00. The topological polar surface area (TPSA) is 105 Å². The molecule has 2 heterocycles. The summed E-state index contributed by atoms with van der Waals surface area (Å²) in [5, 5.41) is 5.76. The highest BCUT2D eigenvalue weighted by Crippen LogP contribution is 2.36. The van der Waals surface area contributed by atoms with Crippen LogP contribution in [0, 0.1) is 19.8 Å². The van der Waals surface area contributed by atoms with Gasteiger partial charge in [0, 0.05) is 31.6 Å². The third-order valence-corrected chi connectivity index (χ3v) is 8.54. The van der Waals surface area contributed by atoms with Crippen LogP contribution in [0.2, 0.25) is 0 Å². The number of nitrogens with zero attached hydrogens (tertiary/aromatic N) is 1. The minimum atomic E-state index is -3.76. The van der Waals surface area contributed by atoms with Crippen LogP contribution in [0.1, 0.15) is 42.9 Å². The summed E-state index contributed by atoms with van der Waals surface area (Å²) in [4.78, 5) is 24.9. The maximum absolute atomic E-state index is 13.4. The molecule has 2 aliphatic heterocycles. The molecule has 0 aliphatic carbocycles. The largest absolute Gasteiger partial charge is 0.478 e. The zero-order valence-corrected chi connectivity index (χ0v) is 20.6. The Morgan fingerprint density at radius 2 is 1.82 bits per heavy atom. The van der Waals surface area contributed by atoms with E-state index in [2.05, 4.69) is 10.6 Å². The number of carbonyl (C=O) groups excluding carboxylic acids is 2. The molecule has 8 nitrogen and oxygen atoms in total. The van der Waals surface area contributed by atoms with Crippen molar-refractivity contribution in [1.82, 2.24) is 9.62 Å². The number of rotatable bonds is 6. The number of anilines is 1. The van der Waals surface area contributed by atoms with E-state index in [0.717, 1.165) is 5.56 Å². The molecule has 1 unspecified atom stereocenters. The monoisotopic (exact) mass is 485 g/mol. The van der Waals surface area contributed by atoms with Gasteiger partial charge in [-0.15, -0.1) is 0 Å². The van der Waals surface area contributed by atoms with Gasteiger partial charge in [-0.2, -0.15) is 4.31 Å². The number of carbonyl (C=O) groups is 2. The van der Waals surface area contributed by atoms with Gasteiger partial charge in [0.1, 0.15) is 5.75 Å². The van der Waals surface area contributed by atoms with Crippen LogP contribution in [0.4, 0.5) is 5.69 Å². The predicted molar refractivity (Wildman–Crippen MR) is 129 cm³/mol. The van der Waals surface area contributed by atoms with Crippen molar-refractivity contribution < 1.29 is 22.7 Å². The number of amides is 2. The molecular weight excluding hydrogens is 454 g/mol. The van der Waals surface area contributed by atoms with Gasteiger partial charge < -0.3 is 15.4 Å². The van der Waals surface area contributed by atoms with E-state index in [9.17, 15) is 18.0 Å². The molecule has 1 atom stereocenters. The minimum Gasteiger partial charge on any atom is -0.478 e. The van der Waals surface area contributed by atoms with Gasteiger partial charge in [0.05, 0.1) is 10.6 Å². The predicted octanol–water partition coefficient (Wildman–Crippen LogP) is 3.13. The van der Waals surface area contributed by atoms with Crippen molar-refractivity contribution in [1.29, 1.82) is 0 Å². The lowest BCUT2D eigenvalue weighted by molar-refractivity contribution is -0.126. The molecule has 34 heavy (non-hydrogen) atoms. The second-order valence-corrected chi connectivity index (χ2v) is 10.9. The first kappa shape index (κ1) is 24.2. The van der Waals surface area contributed by atoms with Gasteiger partial charge >= 0.3 is 0 Å². The highest BCUT2D eigenvalue weighted by Gasteiger charge is 2.35. The zero-order valence-electron chi connectivity index (χ0n) is 19.8. The summed E-state index contributed by atoms with van der Waals surface area (Å²) in [6, 6.07) is 11.1. The summed E-state index contributed by atoms with van der Waals surface area (Å²) >= 11 is 0. The van der Waals surface area contributed by atoms with Crippen LogP contribution in [-0.2, 0) is 26.2 Å². The molecule has 0 aromatic heterocycles. The molecule has 0 saturated carbocycles. The van der Waals surface area contributed by atoms with Crippen LogP contribution in [0.5, 0.6) is 5.75 Å². The second kappa shape index (κ2) is 9.76. The molecule has 2 amide bonds. The van der Waals surface area contributed by atoms with Gasteiger partial charge in [0.2, 0.25) is 15.9 Å². The van der Waals surface area contributed by atoms with Gasteiger partial charge in [0.15, 0.2) is 6.10 Å². The first-order valence-corrected chi connectivity index (χ1v) is 13.1. The van der Waals surface area contributed by atoms with Gasteiger partial charge in [0.25, 0.3) is 5.91 Å². The van der Waals surface area contributed by atoms with Crippen molar-refractivity contribution >= 4 is 27.5 Å². The first-order valence-electron chi connectivity index (χ1n) is 11.6. The lowest BCUT2D eigenvalue weighted by atomic mass is 9.97. The summed E-state index contributed by atoms with van der Waals surface area (Å²) in [5.41, 5.74) is 3.22. The van der Waals surface area contributed by atoms with E-state index in [1.165, 1.54) is 15.9 Å². The van der Waals surface area contributed by atoms with Crippen molar-refractivity contribution in [2.75, 3.05) is 18.4 Å². The first-order chi connectivity index (χ1) is 16.2. The number of sulfonamides is 1. The molecule has 0 bridgehead atoms. The number of aryl methyl sites for hydroxylation is 2. The maximum Gasteiger partial charge on any atom is 0.265 e. The smallest absolute Gasteiger partial charge is 0.265 e. The SMILES string of the molecule is CCC1Oc2cc(S(=O)(=O)N3CCC(C(=O)NCc4ccc(C)cc4)CC3)c(C)cc2NC1=O. The Bertz CT molecular complexity index is 1190. The Hall–Kier alpha value is -2.91. The Kier molecular flexibility index (Phi) is 6.95. The van der Waals surface area contributed by atoms with Gasteiger partial charge in [-0.25, -0.2) is 8.42 Å². The summed E-state index contributed by atoms with van der Waals surface area (Å²) in [6.07, 6.45) is 0.779. The van der Waals surface area contributed by atoms with E-state index in [1.54, 1.807) is 13.0 Å². The molecule has 9 heteroatoms. The molecule has 2 aromatic rings. The van der Waals surface area contributed by atoms with Gasteiger partial charge in [-0.1, -0.05) is 36.8 Å². The van der Waals surface area contributed by atoms with Crippen LogP contribution in [-0.4, -0.2) is 43.7 Å². The molecule has 2 N–H and O–H groups in total. The third kappa shape index (κ3) is 4.95. The third-order valence-electron chi connectivity index (χ3n) is 6.50. The molecule has 182 valence electrons. The molecule has 1 saturated heterocycles. The Morgan fingerprint density at radius 3 is 2.47 bits per heavy atom. The highest BCUT2D eigenvalue weighted by atomic mass is 32.2. The number of ether oxygens (including phenoxy) is 1. The molecule has 2 aliphatic rings. The van der Waals surface area contributed by atoms with Crippen LogP contribution in [0.25, 0.3) is 0 Å². The number of fused-ring (bicyclic) bond motifs is 1. The summed E-state index contributed by atoms with van der Waals surface area (Å²) in [6.45, 7) is 6.57. The van der Waals surface area contributed by atoms with Crippen molar-refractivity contribution in [3.05, 3.63) is 53.1 Å². The van der Waals surface area contributed by atoms with Crippen molar-refractivity contribution in [2.45, 2.75) is 57.6 Å². The number of hydrogen-bond acceptors (Lipinski definition) is 5. The average Bonchev–Trinajstić information content (AvgIpc) is 2.82. The van der Waals surface area contributed by atoms with Crippen LogP contribution < -0.4 is 15.4 Å². The molecule has 4 rings (SSSR count). The normalized spacial score (nSPS) is 19.1. The van der Waals surface area contributed by atoms with E-state index in [4.69, 9.17) is 4.74 Å². The quantitative estimate of drug-likeness (QED) is 0.654. The number of hydrogen-bond donors (Lipinski definition) is 2. The maximum atomic E-state index is 13.4. The van der Waals surface area contributed by atoms with E-state index >= 15 is 0 Å².